The quantitative estimate of drug-likeness (QED) is 0.535. The molecule has 0 saturated carbocycles. The molecule has 0 bridgehead atoms. The molecule has 0 fully saturated rings. The number of oxime groups is 1. The van der Waals surface area contributed by atoms with E-state index in [-0.39, 0.29) is 12.4 Å². The van der Waals surface area contributed by atoms with Gasteiger partial charge >= 0.3 is 0 Å². The van der Waals surface area contributed by atoms with Gasteiger partial charge in [0.05, 0.1) is 10.0 Å². The fourth-order valence-corrected chi connectivity index (χ4v) is 1.69. The van der Waals surface area contributed by atoms with Crippen molar-refractivity contribution in [1.29, 1.82) is 0 Å². The first-order valence-corrected chi connectivity index (χ1v) is 6.22. The van der Waals surface area contributed by atoms with Gasteiger partial charge in [0.2, 0.25) is 0 Å². The van der Waals surface area contributed by atoms with Crippen LogP contribution in [-0.2, 0) is 11.4 Å². The summed E-state index contributed by atoms with van der Waals surface area (Å²) in [5.74, 6) is 0.271. The number of aromatic nitrogens is 1. The summed E-state index contributed by atoms with van der Waals surface area (Å²) in [7, 11) is 0. The molecule has 0 radical (unpaired) electrons. The van der Waals surface area contributed by atoms with Crippen LogP contribution < -0.4 is 5.73 Å². The highest BCUT2D eigenvalue weighted by molar-refractivity contribution is 6.42. The van der Waals surface area contributed by atoms with Crippen molar-refractivity contribution in [2.24, 2.45) is 10.9 Å². The van der Waals surface area contributed by atoms with Crippen molar-refractivity contribution in [3.63, 3.8) is 0 Å². The molecule has 98 valence electrons. The summed E-state index contributed by atoms with van der Waals surface area (Å²) in [6.07, 6.45) is 3.27. The maximum absolute atomic E-state index is 5.89. The Morgan fingerprint density at radius 3 is 2.79 bits per heavy atom. The van der Waals surface area contributed by atoms with Crippen LogP contribution in [0, 0.1) is 0 Å². The van der Waals surface area contributed by atoms with Gasteiger partial charge in [0.15, 0.2) is 5.84 Å². The molecule has 0 spiro atoms. The van der Waals surface area contributed by atoms with Crippen molar-refractivity contribution in [3.8, 4) is 0 Å². The molecule has 1 aromatic heterocycles. The monoisotopic (exact) mass is 295 g/mol. The Kier molecular flexibility index (Phi) is 4.60. The van der Waals surface area contributed by atoms with Crippen molar-refractivity contribution >= 4 is 29.0 Å². The van der Waals surface area contributed by atoms with Crippen LogP contribution in [0.4, 0.5) is 0 Å². The van der Waals surface area contributed by atoms with Crippen LogP contribution in [0.3, 0.4) is 0 Å². The first-order valence-electron chi connectivity index (χ1n) is 5.46. The van der Waals surface area contributed by atoms with Gasteiger partial charge in [0, 0.05) is 18.0 Å². The van der Waals surface area contributed by atoms with Crippen molar-refractivity contribution < 1.29 is 4.84 Å². The van der Waals surface area contributed by atoms with Crippen molar-refractivity contribution in [3.05, 3.63) is 63.9 Å². The molecule has 0 atom stereocenters. The molecule has 19 heavy (non-hydrogen) atoms. The average Bonchev–Trinajstić information content (AvgIpc) is 2.43. The summed E-state index contributed by atoms with van der Waals surface area (Å²) in [5.41, 5.74) is 7.31. The topological polar surface area (TPSA) is 60.5 Å². The number of nitrogens with two attached hydrogens (primary N) is 1. The molecule has 0 unspecified atom stereocenters. The van der Waals surface area contributed by atoms with Gasteiger partial charge in [-0.1, -0.05) is 34.4 Å². The third kappa shape index (κ3) is 3.84. The van der Waals surface area contributed by atoms with Crippen LogP contribution in [-0.4, -0.2) is 10.8 Å². The number of pyridine rings is 1. The van der Waals surface area contributed by atoms with Crippen molar-refractivity contribution in [2.45, 2.75) is 6.61 Å². The lowest BCUT2D eigenvalue weighted by molar-refractivity contribution is 0.130. The highest BCUT2D eigenvalue weighted by atomic mass is 35.5. The van der Waals surface area contributed by atoms with Crippen LogP contribution in [0.5, 0.6) is 0 Å². The summed E-state index contributed by atoms with van der Waals surface area (Å²) < 4.78 is 0. The van der Waals surface area contributed by atoms with Gasteiger partial charge in [-0.15, -0.1) is 0 Å². The summed E-state index contributed by atoms with van der Waals surface area (Å²) in [4.78, 5) is 9.11. The number of benzene rings is 1. The largest absolute Gasteiger partial charge is 0.389 e. The smallest absolute Gasteiger partial charge is 0.171 e. The molecular weight excluding hydrogens is 285 g/mol. The molecule has 0 saturated heterocycles. The third-order valence-electron chi connectivity index (χ3n) is 2.34. The second-order valence-corrected chi connectivity index (χ2v) is 4.55. The number of amidine groups is 1. The van der Waals surface area contributed by atoms with E-state index in [0.717, 1.165) is 5.56 Å². The molecule has 2 aromatic rings. The minimum atomic E-state index is 0.262. The van der Waals surface area contributed by atoms with E-state index >= 15 is 0 Å². The van der Waals surface area contributed by atoms with Crippen LogP contribution >= 0.6 is 23.2 Å². The number of hydrogen-bond donors (Lipinski definition) is 1. The first kappa shape index (κ1) is 13.6. The fraction of sp³-hybridized carbons (Fsp3) is 0.0769. The van der Waals surface area contributed by atoms with Gasteiger partial charge < -0.3 is 10.6 Å². The number of rotatable bonds is 4. The van der Waals surface area contributed by atoms with E-state index in [2.05, 4.69) is 10.1 Å². The van der Waals surface area contributed by atoms with Crippen molar-refractivity contribution in [2.75, 3.05) is 0 Å². The zero-order chi connectivity index (χ0) is 13.7. The van der Waals surface area contributed by atoms with E-state index in [1.165, 1.54) is 0 Å². The second-order valence-electron chi connectivity index (χ2n) is 3.74. The minimum Gasteiger partial charge on any atom is -0.389 e. The van der Waals surface area contributed by atoms with E-state index in [4.69, 9.17) is 33.8 Å². The maximum Gasteiger partial charge on any atom is 0.171 e. The molecule has 2 N–H and O–H groups in total. The number of halogens is 2. The van der Waals surface area contributed by atoms with Crippen LogP contribution in [0.15, 0.2) is 47.9 Å². The Balaban J connectivity index is 1.97. The van der Waals surface area contributed by atoms with Gasteiger partial charge in [-0.05, 0) is 29.8 Å². The average molecular weight is 296 g/mol. The van der Waals surface area contributed by atoms with Gasteiger partial charge in [0.25, 0.3) is 0 Å². The molecule has 0 amide bonds. The molecule has 0 aliphatic rings. The molecule has 0 aliphatic carbocycles. The van der Waals surface area contributed by atoms with Crippen LogP contribution in [0.2, 0.25) is 10.0 Å². The SMILES string of the molecule is N/C(=N/OCc1ccc(Cl)c(Cl)c1)c1cccnc1. The summed E-state index contributed by atoms with van der Waals surface area (Å²) >= 11 is 11.7. The Hall–Kier alpha value is -1.78. The summed E-state index contributed by atoms with van der Waals surface area (Å²) in [5, 5.41) is 4.80. The van der Waals surface area contributed by atoms with Gasteiger partial charge in [-0.3, -0.25) is 4.98 Å². The standard InChI is InChI=1S/C13H11Cl2N3O/c14-11-4-3-9(6-12(11)15)8-19-18-13(16)10-2-1-5-17-7-10/h1-7H,8H2,(H2,16,18). The maximum atomic E-state index is 5.89. The number of hydrogen-bond acceptors (Lipinski definition) is 3. The zero-order valence-corrected chi connectivity index (χ0v) is 11.4. The summed E-state index contributed by atoms with van der Waals surface area (Å²) in [6, 6.07) is 8.81. The molecular formula is C13H11Cl2N3O. The normalized spacial score (nSPS) is 11.4. The predicted octanol–water partition coefficient (Wildman–Crippen LogP) is 3.23. The van der Waals surface area contributed by atoms with Gasteiger partial charge in [-0.25, -0.2) is 0 Å². The highest BCUT2D eigenvalue weighted by Gasteiger charge is 2.01. The fourth-order valence-electron chi connectivity index (χ4n) is 1.37. The lowest BCUT2D eigenvalue weighted by Gasteiger charge is -2.03. The second kappa shape index (κ2) is 6.41. The highest BCUT2D eigenvalue weighted by Crippen LogP contribution is 2.22. The lowest BCUT2D eigenvalue weighted by atomic mass is 10.2. The van der Waals surface area contributed by atoms with Gasteiger partial charge in [-0.2, -0.15) is 0 Å². The van der Waals surface area contributed by atoms with Crippen molar-refractivity contribution in [1.82, 2.24) is 4.98 Å². The predicted molar refractivity (Wildman–Crippen MR) is 76.2 cm³/mol. The third-order valence-corrected chi connectivity index (χ3v) is 3.07. The Bertz CT molecular complexity index is 588. The summed E-state index contributed by atoms with van der Waals surface area (Å²) in [6.45, 7) is 0.262. The van der Waals surface area contributed by atoms with Crippen LogP contribution in [0.25, 0.3) is 0 Å². The lowest BCUT2D eigenvalue weighted by Crippen LogP contribution is -2.13. The Labute approximate surface area is 120 Å². The number of nitrogens with zero attached hydrogens (tertiary/aromatic N) is 2. The molecule has 1 aromatic carbocycles. The van der Waals surface area contributed by atoms with Crippen LogP contribution in [0.1, 0.15) is 11.1 Å². The first-order chi connectivity index (χ1) is 9.16. The minimum absolute atomic E-state index is 0.262. The molecule has 1 heterocycles. The van der Waals surface area contributed by atoms with E-state index < -0.39 is 0 Å². The molecule has 2 rings (SSSR count). The molecule has 0 aliphatic heterocycles. The van der Waals surface area contributed by atoms with Gasteiger partial charge in [0.1, 0.15) is 6.61 Å². The van der Waals surface area contributed by atoms with E-state index in [9.17, 15) is 0 Å². The molecule has 6 heteroatoms. The Morgan fingerprint density at radius 1 is 1.26 bits per heavy atom. The van der Waals surface area contributed by atoms with E-state index in [0.29, 0.717) is 15.6 Å². The zero-order valence-electron chi connectivity index (χ0n) is 9.88. The molecule has 4 nitrogen and oxygen atoms in total. The Morgan fingerprint density at radius 2 is 2.11 bits per heavy atom. The van der Waals surface area contributed by atoms with E-state index in [1.807, 2.05) is 6.07 Å². The van der Waals surface area contributed by atoms with E-state index in [1.54, 1.807) is 36.7 Å².